The van der Waals surface area contributed by atoms with Gasteiger partial charge < -0.3 is 15.0 Å². The molecule has 0 saturated carbocycles. The van der Waals surface area contributed by atoms with Gasteiger partial charge in [-0.05, 0) is 62.5 Å². The van der Waals surface area contributed by atoms with Crippen molar-refractivity contribution >= 4 is 0 Å². The second-order valence-corrected chi connectivity index (χ2v) is 8.19. The summed E-state index contributed by atoms with van der Waals surface area (Å²) in [6.07, 6.45) is 2.39. The number of nitrogens with zero attached hydrogens (tertiary/aromatic N) is 1. The third-order valence-electron chi connectivity index (χ3n) is 6.50. The van der Waals surface area contributed by atoms with E-state index in [-0.39, 0.29) is 5.41 Å². The summed E-state index contributed by atoms with van der Waals surface area (Å²) in [6.45, 7) is 7.89. The molecular weight excluding hydrogens is 332 g/mol. The molecule has 1 fully saturated rings. The summed E-state index contributed by atoms with van der Waals surface area (Å²) >= 11 is 0. The highest BCUT2D eigenvalue weighted by atomic mass is 16.5. The Morgan fingerprint density at radius 2 is 1.78 bits per heavy atom. The molecular formula is C24H34N2O. The summed E-state index contributed by atoms with van der Waals surface area (Å²) in [7, 11) is 3.97. The van der Waals surface area contributed by atoms with Crippen LogP contribution >= 0.6 is 0 Å². The van der Waals surface area contributed by atoms with Gasteiger partial charge in [-0.1, -0.05) is 49.4 Å². The van der Waals surface area contributed by atoms with E-state index < -0.39 is 0 Å². The summed E-state index contributed by atoms with van der Waals surface area (Å²) in [5, 5.41) is 3.67. The molecule has 0 aromatic heterocycles. The van der Waals surface area contributed by atoms with Crippen LogP contribution in [-0.2, 0) is 12.0 Å². The van der Waals surface area contributed by atoms with Gasteiger partial charge in [0.15, 0.2) is 0 Å². The Labute approximate surface area is 164 Å². The van der Waals surface area contributed by atoms with Gasteiger partial charge in [-0.3, -0.25) is 0 Å². The van der Waals surface area contributed by atoms with Gasteiger partial charge in [0.05, 0.1) is 7.11 Å². The predicted molar refractivity (Wildman–Crippen MR) is 113 cm³/mol. The van der Waals surface area contributed by atoms with Crippen LogP contribution in [0.25, 0.3) is 0 Å². The minimum absolute atomic E-state index is 0.250. The van der Waals surface area contributed by atoms with Crippen molar-refractivity contribution in [2.75, 3.05) is 27.2 Å². The summed E-state index contributed by atoms with van der Waals surface area (Å²) in [5.74, 6) is 1.56. The summed E-state index contributed by atoms with van der Waals surface area (Å²) < 4.78 is 5.24. The Kier molecular flexibility index (Phi) is 6.56. The van der Waals surface area contributed by atoms with E-state index in [1.165, 1.54) is 24.0 Å². The minimum Gasteiger partial charge on any atom is -0.497 e. The van der Waals surface area contributed by atoms with E-state index in [2.05, 4.69) is 73.6 Å². The first-order valence-corrected chi connectivity index (χ1v) is 10.1. The number of ether oxygens (including phenoxy) is 1. The average molecular weight is 367 g/mol. The zero-order valence-corrected chi connectivity index (χ0v) is 17.2. The Bertz CT molecular complexity index is 700. The van der Waals surface area contributed by atoms with Crippen LogP contribution in [0.15, 0.2) is 54.6 Å². The molecule has 2 aromatic rings. The van der Waals surface area contributed by atoms with E-state index in [1.807, 2.05) is 12.1 Å². The third-order valence-corrected chi connectivity index (χ3v) is 6.50. The topological polar surface area (TPSA) is 24.5 Å². The van der Waals surface area contributed by atoms with E-state index in [4.69, 9.17) is 4.74 Å². The molecule has 2 aromatic carbocycles. The first-order valence-electron chi connectivity index (χ1n) is 10.1. The average Bonchev–Trinajstić information content (AvgIpc) is 2.70. The van der Waals surface area contributed by atoms with Crippen LogP contribution in [0.4, 0.5) is 0 Å². The second kappa shape index (κ2) is 8.90. The fourth-order valence-corrected chi connectivity index (χ4v) is 4.62. The highest BCUT2D eigenvalue weighted by Gasteiger charge is 2.43. The highest BCUT2D eigenvalue weighted by Crippen LogP contribution is 2.44. The highest BCUT2D eigenvalue weighted by molar-refractivity contribution is 5.29. The maximum atomic E-state index is 5.24. The fourth-order valence-electron chi connectivity index (χ4n) is 4.62. The van der Waals surface area contributed by atoms with Crippen LogP contribution in [0.5, 0.6) is 5.75 Å². The molecule has 1 N–H and O–H groups in total. The molecule has 146 valence electrons. The molecule has 1 heterocycles. The molecule has 0 unspecified atom stereocenters. The number of nitrogens with one attached hydrogen (secondary N) is 1. The monoisotopic (exact) mass is 366 g/mol. The molecule has 1 saturated heterocycles. The van der Waals surface area contributed by atoms with Crippen molar-refractivity contribution in [3.63, 3.8) is 0 Å². The second-order valence-electron chi connectivity index (χ2n) is 8.19. The largest absolute Gasteiger partial charge is 0.497 e. The van der Waals surface area contributed by atoms with Gasteiger partial charge >= 0.3 is 0 Å². The van der Waals surface area contributed by atoms with Gasteiger partial charge in [0, 0.05) is 24.5 Å². The van der Waals surface area contributed by atoms with Crippen molar-refractivity contribution in [3.8, 4) is 5.75 Å². The Morgan fingerprint density at radius 3 is 2.44 bits per heavy atom. The van der Waals surface area contributed by atoms with Crippen molar-refractivity contribution < 1.29 is 4.74 Å². The van der Waals surface area contributed by atoms with Gasteiger partial charge in [-0.2, -0.15) is 0 Å². The normalized spacial score (nSPS) is 26.1. The van der Waals surface area contributed by atoms with Crippen molar-refractivity contribution in [3.05, 3.63) is 65.7 Å². The standard InChI is InChI=1S/C24H34N2O/c1-19-18-26(3)20(2)16-24(19,22-8-6-5-7-9-22)14-15-25-17-21-10-12-23(27-4)13-11-21/h5-13,19-20,25H,14-18H2,1-4H3/t19-,20-,24+/m0/s1. The van der Waals surface area contributed by atoms with Crippen LogP contribution in [0.1, 0.15) is 37.8 Å². The van der Waals surface area contributed by atoms with Gasteiger partial charge in [-0.15, -0.1) is 0 Å². The summed E-state index contributed by atoms with van der Waals surface area (Å²) in [4.78, 5) is 2.51. The molecule has 0 spiro atoms. The van der Waals surface area contributed by atoms with E-state index in [0.717, 1.165) is 25.4 Å². The predicted octanol–water partition coefficient (Wildman–Crippen LogP) is 4.47. The van der Waals surface area contributed by atoms with Crippen molar-refractivity contribution in [2.45, 2.75) is 44.7 Å². The molecule has 1 aliphatic rings. The molecule has 3 rings (SSSR count). The van der Waals surface area contributed by atoms with Crippen LogP contribution in [0.3, 0.4) is 0 Å². The molecule has 1 aliphatic heterocycles. The molecule has 0 bridgehead atoms. The SMILES string of the molecule is COc1ccc(CNCC[C@@]2(c3ccccc3)C[C@H](C)N(C)C[C@@H]2C)cc1. The summed E-state index contributed by atoms with van der Waals surface area (Å²) in [6, 6.07) is 20.1. The number of hydrogen-bond acceptors (Lipinski definition) is 3. The number of likely N-dealkylation sites (tertiary alicyclic amines) is 1. The first kappa shape index (κ1) is 19.9. The van der Waals surface area contributed by atoms with E-state index in [0.29, 0.717) is 12.0 Å². The number of benzene rings is 2. The smallest absolute Gasteiger partial charge is 0.118 e. The van der Waals surface area contributed by atoms with Crippen molar-refractivity contribution in [1.82, 2.24) is 10.2 Å². The summed E-state index contributed by atoms with van der Waals surface area (Å²) in [5.41, 5.74) is 3.05. The van der Waals surface area contributed by atoms with Gasteiger partial charge in [-0.25, -0.2) is 0 Å². The number of hydrogen-bond donors (Lipinski definition) is 1. The lowest BCUT2D eigenvalue weighted by Gasteiger charge is -2.50. The maximum absolute atomic E-state index is 5.24. The van der Waals surface area contributed by atoms with E-state index in [9.17, 15) is 0 Å². The fraction of sp³-hybridized carbons (Fsp3) is 0.500. The lowest BCUT2D eigenvalue weighted by molar-refractivity contribution is 0.0689. The molecule has 0 aliphatic carbocycles. The Hall–Kier alpha value is -1.84. The molecule has 3 nitrogen and oxygen atoms in total. The van der Waals surface area contributed by atoms with Crippen molar-refractivity contribution in [2.24, 2.45) is 5.92 Å². The Balaban J connectivity index is 1.67. The molecule has 0 amide bonds. The molecule has 3 heteroatoms. The van der Waals surface area contributed by atoms with Crippen LogP contribution in [0.2, 0.25) is 0 Å². The van der Waals surface area contributed by atoms with Gasteiger partial charge in [0.1, 0.15) is 5.75 Å². The zero-order chi connectivity index (χ0) is 19.3. The van der Waals surface area contributed by atoms with Crippen molar-refractivity contribution in [1.29, 1.82) is 0 Å². The van der Waals surface area contributed by atoms with E-state index in [1.54, 1.807) is 7.11 Å². The van der Waals surface area contributed by atoms with Crippen LogP contribution in [-0.4, -0.2) is 38.2 Å². The Morgan fingerprint density at radius 1 is 1.07 bits per heavy atom. The zero-order valence-electron chi connectivity index (χ0n) is 17.2. The van der Waals surface area contributed by atoms with E-state index >= 15 is 0 Å². The lowest BCUT2D eigenvalue weighted by Crippen LogP contribution is -2.52. The quantitative estimate of drug-likeness (QED) is 0.732. The molecule has 3 atom stereocenters. The molecule has 27 heavy (non-hydrogen) atoms. The first-order chi connectivity index (χ1) is 13.0. The maximum Gasteiger partial charge on any atom is 0.118 e. The van der Waals surface area contributed by atoms with Gasteiger partial charge in [0.2, 0.25) is 0 Å². The van der Waals surface area contributed by atoms with Gasteiger partial charge in [0.25, 0.3) is 0 Å². The lowest BCUT2D eigenvalue weighted by atomic mass is 9.63. The number of methoxy groups -OCH3 is 1. The minimum atomic E-state index is 0.250. The number of piperidine rings is 1. The molecule has 0 radical (unpaired) electrons. The third kappa shape index (κ3) is 4.53. The number of rotatable bonds is 7. The van der Waals surface area contributed by atoms with Crippen LogP contribution < -0.4 is 10.1 Å². The van der Waals surface area contributed by atoms with Crippen LogP contribution in [0, 0.1) is 5.92 Å².